The lowest BCUT2D eigenvalue weighted by Gasteiger charge is -2.35. The van der Waals surface area contributed by atoms with E-state index < -0.39 is 0 Å². The Morgan fingerprint density at radius 3 is 2.43 bits per heavy atom. The summed E-state index contributed by atoms with van der Waals surface area (Å²) >= 11 is 0. The van der Waals surface area contributed by atoms with Gasteiger partial charge in [-0.1, -0.05) is 18.2 Å². The number of aryl methyl sites for hydroxylation is 1. The first-order valence-corrected chi connectivity index (χ1v) is 12.0. The molecule has 0 unspecified atom stereocenters. The van der Waals surface area contributed by atoms with Crippen LogP contribution in [0.25, 0.3) is 5.69 Å². The van der Waals surface area contributed by atoms with Gasteiger partial charge in [-0.3, -0.25) is 9.69 Å². The number of hydrogen-bond donors (Lipinski definition) is 1. The number of aromatic nitrogens is 3. The lowest BCUT2D eigenvalue weighted by molar-refractivity contribution is -0.116. The van der Waals surface area contributed by atoms with Crippen molar-refractivity contribution in [1.29, 1.82) is 0 Å². The zero-order valence-corrected chi connectivity index (χ0v) is 20.5. The Morgan fingerprint density at radius 1 is 1.03 bits per heavy atom. The molecule has 1 N–H and O–H groups in total. The predicted molar refractivity (Wildman–Crippen MR) is 135 cm³/mol. The van der Waals surface area contributed by atoms with E-state index in [1.54, 1.807) is 19.2 Å². The van der Waals surface area contributed by atoms with Gasteiger partial charge in [-0.2, -0.15) is 5.10 Å². The number of carbonyl (C=O) groups excluding carboxylic acids is 2. The van der Waals surface area contributed by atoms with Crippen LogP contribution in [0.3, 0.4) is 0 Å². The highest BCUT2D eigenvalue weighted by Gasteiger charge is 2.20. The monoisotopic (exact) mass is 476 g/mol. The number of hydrogen-bond acceptors (Lipinski definition) is 7. The minimum Gasteiger partial charge on any atom is -0.462 e. The van der Waals surface area contributed by atoms with Gasteiger partial charge in [0.05, 0.1) is 34.9 Å². The van der Waals surface area contributed by atoms with Crippen molar-refractivity contribution < 1.29 is 14.3 Å². The summed E-state index contributed by atoms with van der Waals surface area (Å²) in [6.45, 7) is 10.0. The van der Waals surface area contributed by atoms with Crippen LogP contribution in [0.15, 0.2) is 48.7 Å². The molecule has 1 aliphatic rings. The van der Waals surface area contributed by atoms with Gasteiger partial charge in [0.15, 0.2) is 0 Å². The van der Waals surface area contributed by atoms with Crippen molar-refractivity contribution in [3.05, 3.63) is 65.6 Å². The van der Waals surface area contributed by atoms with Gasteiger partial charge in [-0.05, 0) is 45.0 Å². The summed E-state index contributed by atoms with van der Waals surface area (Å²) in [5.74, 6) is 0.478. The molecule has 184 valence electrons. The second-order valence-electron chi connectivity index (χ2n) is 8.55. The summed E-state index contributed by atoms with van der Waals surface area (Å²) in [6, 6.07) is 13.5. The number of amides is 1. The van der Waals surface area contributed by atoms with Gasteiger partial charge < -0.3 is 15.0 Å². The van der Waals surface area contributed by atoms with Crippen LogP contribution >= 0.6 is 0 Å². The first-order valence-electron chi connectivity index (χ1n) is 12.0. The number of carbonyl (C=O) groups is 2. The maximum Gasteiger partial charge on any atom is 0.339 e. The smallest absolute Gasteiger partial charge is 0.339 e. The average molecular weight is 477 g/mol. The quantitative estimate of drug-likeness (QED) is 0.499. The predicted octanol–water partition coefficient (Wildman–Crippen LogP) is 3.21. The van der Waals surface area contributed by atoms with E-state index in [1.807, 2.05) is 54.9 Å². The second-order valence-corrected chi connectivity index (χ2v) is 8.55. The lowest BCUT2D eigenvalue weighted by atomic mass is 10.2. The molecule has 2 aromatic heterocycles. The van der Waals surface area contributed by atoms with E-state index in [0.29, 0.717) is 25.1 Å². The minimum absolute atomic E-state index is 0.0116. The van der Waals surface area contributed by atoms with E-state index in [2.05, 4.69) is 25.2 Å². The van der Waals surface area contributed by atoms with Crippen molar-refractivity contribution >= 4 is 23.4 Å². The number of piperazine rings is 1. The Morgan fingerprint density at radius 2 is 1.77 bits per heavy atom. The number of ether oxygens (including phenoxy) is 1. The topological polar surface area (TPSA) is 92.6 Å². The van der Waals surface area contributed by atoms with E-state index in [4.69, 9.17) is 4.74 Å². The van der Waals surface area contributed by atoms with Gasteiger partial charge >= 0.3 is 5.97 Å². The van der Waals surface area contributed by atoms with Crippen LogP contribution in [-0.4, -0.2) is 70.9 Å². The summed E-state index contributed by atoms with van der Waals surface area (Å²) in [7, 11) is 0. The van der Waals surface area contributed by atoms with Gasteiger partial charge in [-0.15, -0.1) is 0 Å². The molecule has 0 spiro atoms. The highest BCUT2D eigenvalue weighted by atomic mass is 16.5. The van der Waals surface area contributed by atoms with Gasteiger partial charge in [0.25, 0.3) is 0 Å². The Bertz CT molecular complexity index is 1150. The number of esters is 1. The van der Waals surface area contributed by atoms with Crippen LogP contribution in [0, 0.1) is 13.8 Å². The Hall–Kier alpha value is -3.72. The van der Waals surface area contributed by atoms with E-state index in [0.717, 1.165) is 54.8 Å². The van der Waals surface area contributed by atoms with Gasteiger partial charge in [0, 0.05) is 45.3 Å². The van der Waals surface area contributed by atoms with Crippen LogP contribution in [0.5, 0.6) is 0 Å². The number of nitrogens with one attached hydrogen (secondary N) is 1. The van der Waals surface area contributed by atoms with E-state index in [9.17, 15) is 9.59 Å². The first kappa shape index (κ1) is 24.4. The maximum absolute atomic E-state index is 12.7. The molecule has 1 saturated heterocycles. The summed E-state index contributed by atoms with van der Waals surface area (Å²) in [6.07, 6.45) is 1.98. The minimum atomic E-state index is -0.354. The van der Waals surface area contributed by atoms with Crippen molar-refractivity contribution in [2.45, 2.75) is 27.2 Å². The lowest BCUT2D eigenvalue weighted by Crippen LogP contribution is -2.47. The third-order valence-corrected chi connectivity index (χ3v) is 6.17. The number of pyridine rings is 1. The number of nitrogens with zero attached hydrogens (tertiary/aromatic N) is 5. The fraction of sp³-hybridized carbons (Fsp3) is 0.385. The van der Waals surface area contributed by atoms with Crippen molar-refractivity contribution in [2.24, 2.45) is 0 Å². The molecule has 3 aromatic rings. The average Bonchev–Trinajstić information content (AvgIpc) is 3.17. The zero-order valence-electron chi connectivity index (χ0n) is 20.5. The molecule has 0 aliphatic carbocycles. The fourth-order valence-corrected chi connectivity index (χ4v) is 4.21. The summed E-state index contributed by atoms with van der Waals surface area (Å²) in [4.78, 5) is 33.4. The normalized spacial score (nSPS) is 14.1. The number of rotatable bonds is 8. The molecule has 9 nitrogen and oxygen atoms in total. The fourth-order valence-electron chi connectivity index (χ4n) is 4.21. The highest BCUT2D eigenvalue weighted by molar-refractivity contribution is 5.92. The van der Waals surface area contributed by atoms with Crippen LogP contribution < -0.4 is 10.2 Å². The van der Waals surface area contributed by atoms with E-state index in [1.165, 1.54) is 0 Å². The summed E-state index contributed by atoms with van der Waals surface area (Å²) in [5.41, 5.74) is 3.92. The molecule has 1 amide bonds. The molecule has 4 rings (SSSR count). The van der Waals surface area contributed by atoms with Crippen molar-refractivity contribution in [3.8, 4) is 5.69 Å². The standard InChI is InChI=1S/C26H32N6O3/c1-4-35-26(34)21-10-11-23(27-18-21)31-16-14-30(15-17-31)13-12-24(33)28-25-19(2)29-32(20(25)3)22-8-6-5-7-9-22/h5-11,18H,4,12-17H2,1-3H3,(H,28,33). The Balaban J connectivity index is 1.25. The Kier molecular flexibility index (Phi) is 7.77. The molecule has 1 fully saturated rings. The third-order valence-electron chi connectivity index (χ3n) is 6.17. The number of benzene rings is 1. The van der Waals surface area contributed by atoms with Crippen LogP contribution in [0.2, 0.25) is 0 Å². The first-order chi connectivity index (χ1) is 17.0. The van der Waals surface area contributed by atoms with Crippen molar-refractivity contribution in [1.82, 2.24) is 19.7 Å². The van der Waals surface area contributed by atoms with Crippen LogP contribution in [0.4, 0.5) is 11.5 Å². The van der Waals surface area contributed by atoms with Crippen molar-refractivity contribution in [3.63, 3.8) is 0 Å². The summed E-state index contributed by atoms with van der Waals surface area (Å²) in [5, 5.41) is 7.66. The SMILES string of the molecule is CCOC(=O)c1ccc(N2CCN(CCC(=O)Nc3c(C)nn(-c4ccccc4)c3C)CC2)nc1. The zero-order chi connectivity index (χ0) is 24.8. The molecule has 0 atom stereocenters. The van der Waals surface area contributed by atoms with Gasteiger partial charge in [-0.25, -0.2) is 14.5 Å². The second kappa shape index (κ2) is 11.1. The third kappa shape index (κ3) is 5.86. The van der Waals surface area contributed by atoms with E-state index in [-0.39, 0.29) is 11.9 Å². The molecule has 0 saturated carbocycles. The van der Waals surface area contributed by atoms with E-state index >= 15 is 0 Å². The summed E-state index contributed by atoms with van der Waals surface area (Å²) < 4.78 is 6.87. The molecular formula is C26H32N6O3. The Labute approximate surface area is 205 Å². The van der Waals surface area contributed by atoms with Crippen LogP contribution in [-0.2, 0) is 9.53 Å². The molecule has 3 heterocycles. The van der Waals surface area contributed by atoms with Crippen LogP contribution in [0.1, 0.15) is 35.1 Å². The molecule has 9 heteroatoms. The molecule has 1 aromatic carbocycles. The maximum atomic E-state index is 12.7. The molecule has 0 bridgehead atoms. The molecule has 1 aliphatic heterocycles. The highest BCUT2D eigenvalue weighted by Crippen LogP contribution is 2.23. The van der Waals surface area contributed by atoms with Gasteiger partial charge in [0.1, 0.15) is 5.82 Å². The number of para-hydroxylation sites is 1. The molecular weight excluding hydrogens is 444 g/mol. The van der Waals surface area contributed by atoms with Gasteiger partial charge in [0.2, 0.25) is 5.91 Å². The molecule has 0 radical (unpaired) electrons. The largest absolute Gasteiger partial charge is 0.462 e. The van der Waals surface area contributed by atoms with Crippen molar-refractivity contribution in [2.75, 3.05) is 49.5 Å². The molecule has 35 heavy (non-hydrogen) atoms. The number of anilines is 2.